The minimum atomic E-state index is 0. The molecule has 0 saturated heterocycles. The van der Waals surface area contributed by atoms with Crippen molar-refractivity contribution >= 4 is 0 Å². The van der Waals surface area contributed by atoms with Gasteiger partial charge in [-0.15, -0.1) is 13.2 Å². The zero-order valence-corrected chi connectivity index (χ0v) is 27.3. The normalized spacial score (nSPS) is 12.2. The van der Waals surface area contributed by atoms with Crippen LogP contribution in [0.1, 0.15) is 38.5 Å². The number of hydrogen-bond donors (Lipinski definition) is 0. The van der Waals surface area contributed by atoms with Crippen molar-refractivity contribution in [2.75, 3.05) is 28.2 Å². The number of hydrogen-bond acceptors (Lipinski definition) is 2. The van der Waals surface area contributed by atoms with Crippen molar-refractivity contribution in [3.8, 4) is 0 Å². The van der Waals surface area contributed by atoms with Crippen LogP contribution in [0, 0.1) is 52.0 Å². The molecule has 2 rings (SSSR count). The van der Waals surface area contributed by atoms with Crippen LogP contribution in [0.5, 0.6) is 0 Å². The van der Waals surface area contributed by atoms with E-state index in [0.29, 0.717) is 0 Å². The Labute approximate surface area is 231 Å². The fourth-order valence-electron chi connectivity index (χ4n) is 2.28. The topological polar surface area (TPSA) is 6.48 Å². The Morgan fingerprint density at radius 2 is 0.774 bits per heavy atom. The molecule has 0 unspecified atom stereocenters. The van der Waals surface area contributed by atoms with Gasteiger partial charge in [0.15, 0.2) is 0 Å². The van der Waals surface area contributed by atoms with Crippen LogP contribution < -0.4 is 0 Å². The second-order valence-electron chi connectivity index (χ2n) is 6.28. The van der Waals surface area contributed by atoms with Gasteiger partial charge in [-0.2, -0.15) is 0 Å². The van der Waals surface area contributed by atoms with E-state index in [-0.39, 0.29) is 94.1 Å². The molecule has 0 saturated carbocycles. The third kappa shape index (κ3) is 37.9. The smallest absolute Gasteiger partial charge is 0.358 e. The van der Waals surface area contributed by atoms with Crippen LogP contribution >= 0.6 is 0 Å². The molecule has 0 heterocycles. The molecule has 31 heavy (non-hydrogen) atoms. The van der Waals surface area contributed by atoms with Crippen LogP contribution in [0.25, 0.3) is 0 Å². The Kier molecular flexibility index (Phi) is 89.9. The van der Waals surface area contributed by atoms with E-state index >= 15 is 0 Å². The van der Waals surface area contributed by atoms with Gasteiger partial charge >= 0.3 is 42.1 Å². The molecule has 0 fully saturated rings. The summed E-state index contributed by atoms with van der Waals surface area (Å²) in [7, 11) is 8.55. The van der Waals surface area contributed by atoms with Crippen LogP contribution in [-0.2, 0) is 42.1 Å². The summed E-state index contributed by atoms with van der Waals surface area (Å²) in [6.45, 7) is 7.10. The van der Waals surface area contributed by atoms with Crippen LogP contribution in [0.15, 0.2) is 49.6 Å². The van der Waals surface area contributed by atoms with E-state index in [1.54, 1.807) is 0 Å². The first-order valence-corrected chi connectivity index (χ1v) is 8.37. The molecule has 0 aromatic rings. The van der Waals surface area contributed by atoms with Crippen LogP contribution in [0.3, 0.4) is 0 Å². The molecule has 0 aromatic carbocycles. The first-order chi connectivity index (χ1) is 10.5. The Bertz CT molecular complexity index is 301. The molecule has 0 amide bonds. The van der Waals surface area contributed by atoms with E-state index in [1.807, 2.05) is 12.2 Å². The zero-order chi connectivity index (χ0) is 16.8. The summed E-state index contributed by atoms with van der Waals surface area (Å²) in [5.74, 6) is 0. The number of unbranched alkanes of at least 4 members (excludes halogenated alkanes) is 1. The van der Waals surface area contributed by atoms with Gasteiger partial charge in [0.05, 0.1) is 0 Å². The minimum Gasteiger partial charge on any atom is -0.358 e. The van der Waals surface area contributed by atoms with Gasteiger partial charge in [-0.1, -0.05) is 36.5 Å². The van der Waals surface area contributed by atoms with Crippen molar-refractivity contribution in [2.45, 2.75) is 50.6 Å². The van der Waals surface area contributed by atoms with Gasteiger partial charge in [0, 0.05) is 12.1 Å². The molecule has 4 heteroatoms. The minimum absolute atomic E-state index is 0. The zero-order valence-electron chi connectivity index (χ0n) is 22.8. The summed E-state index contributed by atoms with van der Waals surface area (Å²) in [5, 5.41) is 0. The molecule has 2 aliphatic carbocycles. The Morgan fingerprint density at radius 3 is 0.871 bits per heavy atom. The molecule has 0 aromatic heterocycles. The van der Waals surface area contributed by atoms with Gasteiger partial charge in [-0.05, 0) is 66.7 Å². The van der Waals surface area contributed by atoms with E-state index in [4.69, 9.17) is 0 Å². The number of nitrogens with zero attached hydrogens (tertiary/aromatic N) is 2. The first-order valence-electron chi connectivity index (χ1n) is 8.37. The van der Waals surface area contributed by atoms with Gasteiger partial charge in [0.1, 0.15) is 0 Å². The molecular weight excluding hydrogens is 742 g/mol. The van der Waals surface area contributed by atoms with Crippen molar-refractivity contribution in [3.63, 3.8) is 0 Å². The van der Waals surface area contributed by atoms with Gasteiger partial charge in [-0.3, -0.25) is 0 Å². The maximum atomic E-state index is 3.55. The van der Waals surface area contributed by atoms with Crippen LogP contribution in [0.4, 0.5) is 0 Å². The van der Waals surface area contributed by atoms with Crippen LogP contribution in [-0.4, -0.2) is 50.1 Å². The molecule has 2 nitrogen and oxygen atoms in total. The number of allylic oxidation sites excluding steroid dienone is 2. The number of rotatable bonds is 5. The third-order valence-corrected chi connectivity index (χ3v) is 4.00. The van der Waals surface area contributed by atoms with Gasteiger partial charge in [-0.25, -0.2) is 0 Å². The van der Waals surface area contributed by atoms with E-state index in [2.05, 4.69) is 75.5 Å². The molecule has 0 atom stereocenters. The van der Waals surface area contributed by atoms with Crippen molar-refractivity contribution in [3.05, 3.63) is 102 Å². The fourth-order valence-corrected chi connectivity index (χ4v) is 2.28. The average molecular weight is 800 g/mol. The van der Waals surface area contributed by atoms with Crippen molar-refractivity contribution < 1.29 is 42.1 Å². The van der Waals surface area contributed by atoms with Crippen molar-refractivity contribution in [1.82, 2.24) is 9.80 Å². The average Bonchev–Trinajstić information content (AvgIpc) is 3.18. The summed E-state index contributed by atoms with van der Waals surface area (Å²) in [5.41, 5.74) is 0. The Morgan fingerprint density at radius 1 is 0.581 bits per heavy atom. The maximum Gasteiger partial charge on any atom is 4.00 e. The summed E-state index contributed by atoms with van der Waals surface area (Å²) < 4.78 is 0. The van der Waals surface area contributed by atoms with E-state index < -0.39 is 0 Å². The Hall–Kier alpha value is 0.257. The molecule has 0 radical (unpaired) electrons. The molecular formula is C27H57N2Pt2+. The van der Waals surface area contributed by atoms with E-state index in [0.717, 1.165) is 24.9 Å². The van der Waals surface area contributed by atoms with Gasteiger partial charge in [0.25, 0.3) is 0 Å². The van der Waals surface area contributed by atoms with Gasteiger partial charge in [0.2, 0.25) is 0 Å². The standard InChI is InChI=1S/2C7H13N.C6H10.7CH3.2Pt/c2*1-8(2)7-5-3-4-6-7;1-3-5-6-4-2;;;;;;;;;/h2*3-4,7H,5-6H2,1-2H3;3-4H,1-2,5-6H2;7*1H3;;/q;;;7*-1;2*+4. The predicted octanol–water partition coefficient (Wildman–Crippen LogP) is 7.82. The van der Waals surface area contributed by atoms with E-state index in [9.17, 15) is 0 Å². The van der Waals surface area contributed by atoms with E-state index in [1.165, 1.54) is 25.7 Å². The molecule has 2 aliphatic rings. The first kappa shape index (κ1) is 63.3. The van der Waals surface area contributed by atoms with Crippen molar-refractivity contribution in [2.24, 2.45) is 0 Å². The predicted molar refractivity (Wildman–Crippen MR) is 146 cm³/mol. The van der Waals surface area contributed by atoms with Crippen molar-refractivity contribution in [1.29, 1.82) is 0 Å². The molecule has 0 N–H and O–H groups in total. The summed E-state index contributed by atoms with van der Waals surface area (Å²) in [6, 6.07) is 1.57. The van der Waals surface area contributed by atoms with Crippen LogP contribution in [0.2, 0.25) is 0 Å². The second-order valence-corrected chi connectivity index (χ2v) is 6.28. The summed E-state index contributed by atoms with van der Waals surface area (Å²) in [4.78, 5) is 4.56. The third-order valence-electron chi connectivity index (χ3n) is 4.00. The largest absolute Gasteiger partial charge is 4.00 e. The summed E-state index contributed by atoms with van der Waals surface area (Å²) in [6.07, 6.45) is 19.9. The SMILES string of the molecule is C=CCCC=C.CN(C)C1CC=CC1.CN(C)C1CC=CC1.[CH3-].[CH3-].[CH3-].[CH3-].[CH3-].[CH3-].[CH3-].[Pt+4].[Pt+4]. The molecule has 194 valence electrons. The Balaban J connectivity index is -0.0000000235. The van der Waals surface area contributed by atoms with Gasteiger partial charge < -0.3 is 61.8 Å². The molecule has 0 bridgehead atoms. The maximum absolute atomic E-state index is 3.55. The quantitative estimate of drug-likeness (QED) is 0.159. The monoisotopic (exact) mass is 799 g/mol. The summed E-state index contributed by atoms with van der Waals surface area (Å²) >= 11 is 0. The molecule has 0 spiro atoms. The second kappa shape index (κ2) is 44.0. The molecule has 0 aliphatic heterocycles. The fraction of sp³-hybridized carbons (Fsp3) is 0.444.